The van der Waals surface area contributed by atoms with E-state index in [1.807, 2.05) is 0 Å². The number of hydrogen-bond donors (Lipinski definition) is 3. The fraction of sp³-hybridized carbons (Fsp3) is 0.720. The molecule has 6 atom stereocenters. The number of carboxylic acids is 1. The first kappa shape index (κ1) is 22.8. The third-order valence-electron chi connectivity index (χ3n) is 9.18. The summed E-state index contributed by atoms with van der Waals surface area (Å²) in [6.45, 7) is 3.88. The standard InChI is InChI=1S/C25H34N2O5/c1-4-25(31)12-9-20-18-6-5-16-13-17(27-32-15-21(28)26-14-22(29)30)7-10-23(16,2)19(18)8-11-24(20,25)3/h1,13,18-20,31H,5-12,14-15H2,2-3H3,(H,26,28)(H,29,30)/b27-17+/t18?,19?,20?,23-,24-,25+/m0/s1. The average Bonchev–Trinajstić information content (AvgIpc) is 3.04. The molecule has 0 bridgehead atoms. The molecule has 0 aromatic heterocycles. The molecule has 3 saturated carbocycles. The van der Waals surface area contributed by atoms with Crippen LogP contribution in [0.3, 0.4) is 0 Å². The molecule has 0 spiro atoms. The normalized spacial score (nSPS) is 41.5. The number of fused-ring (bicyclic) bond motifs is 5. The lowest BCUT2D eigenvalue weighted by Crippen LogP contribution is -2.54. The summed E-state index contributed by atoms with van der Waals surface area (Å²) in [7, 11) is 0. The van der Waals surface area contributed by atoms with Crippen molar-refractivity contribution in [1.82, 2.24) is 5.32 Å². The summed E-state index contributed by atoms with van der Waals surface area (Å²) >= 11 is 0. The Kier molecular flexibility index (Phi) is 5.87. The summed E-state index contributed by atoms with van der Waals surface area (Å²) in [5, 5.41) is 26.1. The minimum atomic E-state index is -1.10. The number of rotatable bonds is 5. The fourth-order valence-electron chi connectivity index (χ4n) is 7.30. The van der Waals surface area contributed by atoms with E-state index in [4.69, 9.17) is 16.4 Å². The maximum absolute atomic E-state index is 11.6. The van der Waals surface area contributed by atoms with Crippen molar-refractivity contribution in [3.8, 4) is 12.3 Å². The Bertz CT molecular complexity index is 904. The first-order valence-corrected chi connectivity index (χ1v) is 11.7. The number of oxime groups is 1. The number of aliphatic hydroxyl groups is 1. The first-order chi connectivity index (χ1) is 15.1. The van der Waals surface area contributed by atoms with Gasteiger partial charge in [0, 0.05) is 5.41 Å². The maximum Gasteiger partial charge on any atom is 0.322 e. The quantitative estimate of drug-likeness (QED) is 0.448. The number of carbonyl (C=O) groups excluding carboxylic acids is 1. The zero-order valence-corrected chi connectivity index (χ0v) is 19.0. The van der Waals surface area contributed by atoms with E-state index >= 15 is 0 Å². The van der Waals surface area contributed by atoms with Crippen LogP contribution in [-0.2, 0) is 14.4 Å². The molecule has 7 heteroatoms. The van der Waals surface area contributed by atoms with E-state index in [0.717, 1.165) is 50.7 Å². The molecule has 32 heavy (non-hydrogen) atoms. The molecule has 7 nitrogen and oxygen atoms in total. The first-order valence-electron chi connectivity index (χ1n) is 11.7. The van der Waals surface area contributed by atoms with E-state index in [9.17, 15) is 14.7 Å². The lowest BCUT2D eigenvalue weighted by molar-refractivity contribution is -0.138. The van der Waals surface area contributed by atoms with Crippen molar-refractivity contribution in [2.24, 2.45) is 33.7 Å². The van der Waals surface area contributed by atoms with Crippen molar-refractivity contribution in [2.45, 2.75) is 70.8 Å². The number of hydrogen-bond acceptors (Lipinski definition) is 5. The minimum absolute atomic E-state index is 0.124. The molecule has 3 fully saturated rings. The average molecular weight is 443 g/mol. The predicted molar refractivity (Wildman–Crippen MR) is 120 cm³/mol. The lowest BCUT2D eigenvalue weighted by atomic mass is 9.46. The molecule has 4 aliphatic carbocycles. The summed E-state index contributed by atoms with van der Waals surface area (Å²) in [5.41, 5.74) is 1.22. The second kappa shape index (κ2) is 8.22. The monoisotopic (exact) mass is 442 g/mol. The molecule has 174 valence electrons. The SMILES string of the molecule is C#C[C@@]1(O)CCC2C3CCC4=C/C(=N/OCC(=O)NCC(=O)O)CC[C@]4(C)C3CC[C@@]21C. The molecule has 0 aliphatic heterocycles. The molecule has 3 N–H and O–H groups in total. The van der Waals surface area contributed by atoms with Gasteiger partial charge in [-0.15, -0.1) is 6.42 Å². The van der Waals surface area contributed by atoms with Crippen LogP contribution in [0.5, 0.6) is 0 Å². The second-order valence-corrected chi connectivity index (χ2v) is 10.5. The largest absolute Gasteiger partial charge is 0.480 e. The van der Waals surface area contributed by atoms with Gasteiger partial charge in [-0.3, -0.25) is 9.59 Å². The Morgan fingerprint density at radius 2 is 1.97 bits per heavy atom. The Morgan fingerprint density at radius 3 is 2.69 bits per heavy atom. The Morgan fingerprint density at radius 1 is 1.22 bits per heavy atom. The Hall–Kier alpha value is -2.33. The molecule has 1 amide bonds. The van der Waals surface area contributed by atoms with Crippen LogP contribution in [0.4, 0.5) is 0 Å². The van der Waals surface area contributed by atoms with Gasteiger partial charge in [-0.1, -0.05) is 30.5 Å². The third-order valence-corrected chi connectivity index (χ3v) is 9.18. The molecular weight excluding hydrogens is 408 g/mol. The van der Waals surface area contributed by atoms with Gasteiger partial charge in [0.2, 0.25) is 0 Å². The van der Waals surface area contributed by atoms with Crippen molar-refractivity contribution < 1.29 is 24.6 Å². The number of nitrogens with zero attached hydrogens (tertiary/aromatic N) is 1. The Balaban J connectivity index is 1.44. The zero-order chi connectivity index (χ0) is 23.1. The van der Waals surface area contributed by atoms with E-state index in [2.05, 4.69) is 36.3 Å². The number of carbonyl (C=O) groups is 2. The summed E-state index contributed by atoms with van der Waals surface area (Å²) in [6, 6.07) is 0. The van der Waals surface area contributed by atoms with Crippen LogP contribution in [0.15, 0.2) is 16.8 Å². The molecule has 3 unspecified atom stereocenters. The molecule has 4 rings (SSSR count). The molecular formula is C25H34N2O5. The van der Waals surface area contributed by atoms with Crippen LogP contribution < -0.4 is 5.32 Å². The predicted octanol–water partition coefficient (Wildman–Crippen LogP) is 2.89. The molecule has 0 aromatic carbocycles. The van der Waals surface area contributed by atoms with Gasteiger partial charge in [-0.05, 0) is 80.6 Å². The van der Waals surface area contributed by atoms with Crippen molar-refractivity contribution >= 4 is 17.6 Å². The third kappa shape index (κ3) is 3.63. The van der Waals surface area contributed by atoms with Gasteiger partial charge in [0.15, 0.2) is 6.61 Å². The van der Waals surface area contributed by atoms with Crippen LogP contribution in [0.25, 0.3) is 0 Å². The highest BCUT2D eigenvalue weighted by Crippen LogP contribution is 2.67. The highest BCUT2D eigenvalue weighted by atomic mass is 16.6. The van der Waals surface area contributed by atoms with Crippen LogP contribution in [-0.4, -0.2) is 46.6 Å². The summed E-state index contributed by atoms with van der Waals surface area (Å²) < 4.78 is 0. The van der Waals surface area contributed by atoms with Gasteiger partial charge in [0.1, 0.15) is 12.1 Å². The molecule has 0 heterocycles. The van der Waals surface area contributed by atoms with Gasteiger partial charge in [0.05, 0.1) is 5.71 Å². The number of terminal acetylenes is 1. The van der Waals surface area contributed by atoms with Gasteiger partial charge >= 0.3 is 5.97 Å². The maximum atomic E-state index is 11.6. The summed E-state index contributed by atoms with van der Waals surface area (Å²) in [4.78, 5) is 27.3. The second-order valence-electron chi connectivity index (χ2n) is 10.5. The van der Waals surface area contributed by atoms with Crippen LogP contribution in [0.1, 0.15) is 65.2 Å². The zero-order valence-electron chi connectivity index (χ0n) is 19.0. The molecule has 0 radical (unpaired) electrons. The smallest absolute Gasteiger partial charge is 0.322 e. The lowest BCUT2D eigenvalue weighted by Gasteiger charge is -2.58. The highest BCUT2D eigenvalue weighted by Gasteiger charge is 2.63. The number of carboxylic acid groups (broad SMARTS) is 1. The number of amides is 1. The van der Waals surface area contributed by atoms with Gasteiger partial charge in [-0.2, -0.15) is 0 Å². The van der Waals surface area contributed by atoms with Crippen LogP contribution >= 0.6 is 0 Å². The van der Waals surface area contributed by atoms with E-state index in [1.165, 1.54) is 5.57 Å². The van der Waals surface area contributed by atoms with E-state index in [-0.39, 0.29) is 17.4 Å². The van der Waals surface area contributed by atoms with Gasteiger partial charge < -0.3 is 20.4 Å². The number of aliphatic carboxylic acids is 1. The molecule has 0 saturated heterocycles. The van der Waals surface area contributed by atoms with Gasteiger partial charge in [0.25, 0.3) is 5.91 Å². The topological polar surface area (TPSA) is 108 Å². The Labute approximate surface area is 189 Å². The molecule has 0 aromatic rings. The summed E-state index contributed by atoms with van der Waals surface area (Å²) in [6.07, 6.45) is 15.6. The minimum Gasteiger partial charge on any atom is -0.480 e. The van der Waals surface area contributed by atoms with E-state index in [1.54, 1.807) is 0 Å². The fourth-order valence-corrected chi connectivity index (χ4v) is 7.30. The van der Waals surface area contributed by atoms with Crippen molar-refractivity contribution in [1.29, 1.82) is 0 Å². The van der Waals surface area contributed by atoms with E-state index < -0.39 is 24.0 Å². The van der Waals surface area contributed by atoms with Gasteiger partial charge in [-0.25, -0.2) is 0 Å². The highest BCUT2D eigenvalue weighted by molar-refractivity contribution is 5.96. The van der Waals surface area contributed by atoms with Crippen molar-refractivity contribution in [3.05, 3.63) is 11.6 Å². The molecule has 4 aliphatic rings. The van der Waals surface area contributed by atoms with Crippen LogP contribution in [0, 0.1) is 40.9 Å². The van der Waals surface area contributed by atoms with Crippen molar-refractivity contribution in [3.63, 3.8) is 0 Å². The number of nitrogens with one attached hydrogen (secondary N) is 1. The van der Waals surface area contributed by atoms with Crippen LogP contribution in [0.2, 0.25) is 0 Å². The number of allylic oxidation sites excluding steroid dienone is 2. The van der Waals surface area contributed by atoms with E-state index in [0.29, 0.717) is 24.2 Å². The summed E-state index contributed by atoms with van der Waals surface area (Å²) in [5.74, 6) is 2.80. The van der Waals surface area contributed by atoms with Crippen molar-refractivity contribution in [2.75, 3.05) is 13.2 Å².